The molecule has 0 amide bonds. The molecule has 7 aromatic rings. The number of ketones is 2. The Labute approximate surface area is 823 Å². The zero-order valence-electron chi connectivity index (χ0n) is 85.3. The summed E-state index contributed by atoms with van der Waals surface area (Å²) in [4.78, 5) is 112. The number of pyridine rings is 2. The Morgan fingerprint density at radius 2 is 0.914 bits per heavy atom. The molecule has 12 rings (SSSR count). The largest absolute Gasteiger partial charge is 0.509 e. The summed E-state index contributed by atoms with van der Waals surface area (Å²) in [7, 11) is 9.09. The van der Waals surface area contributed by atoms with Crippen molar-refractivity contribution in [1.82, 2.24) is 19.8 Å². The summed E-state index contributed by atoms with van der Waals surface area (Å²) in [6.45, 7) is 30.7. The van der Waals surface area contributed by atoms with Crippen LogP contribution in [0.3, 0.4) is 0 Å². The van der Waals surface area contributed by atoms with Gasteiger partial charge in [0.1, 0.15) is 29.2 Å². The summed E-state index contributed by atoms with van der Waals surface area (Å²) in [5.74, 6) is -10.2. The topological polar surface area (TPSA) is 362 Å². The number of hydrogen-bond acceptors (Lipinski definition) is 29. The lowest BCUT2D eigenvalue weighted by Crippen LogP contribution is -2.62. The number of para-hydroxylation sites is 2. The third-order valence-electron chi connectivity index (χ3n) is 28.3. The standard InChI is InChI=1S/C63H82N2O15.C48H64N2O10/c1-14-49-63(10,71)54(67)39(4)51(66)37(2)34-62(9,73-31-23-24-43-33-46-29-21-22-30-47(46)64-36-43)55(80-60-53(48(65(11)12)32-38(3)74-60)78-58(69)44-25-17-15-18-26-44)40(5)52(41(6)57(68)76-49)77-50-35-61(8,72-13)56(42(7)75-50)79-59(70)45-27-19-16-20-28-45;1-11-39-47(7,55)26-29(2)40(51)30(3)27-48(8,56-23-17-18-34-25-36-21-15-16-22-37(36)49-28-34)43(32(5)41(52)33(6)44(53)58-39)60-46-42(38(50(9)10)24-31(4)57-46)59-45(54)35-19-13-12-14-20-35/h15-30,33,36-38,40-42,48-50,52-53,55-56,60,67,71H,14,31-32,34-35H2,1-13H3;12-22,25-26,28,30-33,38-39,41-43,46,52,55H,11,23-24,27H2,1-10H3/b24-23+,54-39-;18-17+,29-26+/t37-,38-,40+,41-,42+,48+,49-,50+,52+,53-,55-,56+,60+,61-,62-,63-;30-,31-,32+,33-,38+,39-,41+,42-,43-,46+,47+,48-/m11/s1. The quantitative estimate of drug-likeness (QED) is 0.0305. The maximum atomic E-state index is 15.0. The Morgan fingerprint density at radius 3 is 1.36 bits per heavy atom. The highest BCUT2D eigenvalue weighted by molar-refractivity contribution is 5.98. The zero-order chi connectivity index (χ0) is 102. The number of nitrogens with zero attached hydrogens (tertiary/aromatic N) is 4. The van der Waals surface area contributed by atoms with Crippen LogP contribution in [0.2, 0.25) is 0 Å². The Balaban J connectivity index is 0.000000279. The Hall–Kier alpha value is -10.2. The van der Waals surface area contributed by atoms with Crippen LogP contribution in [0, 0.1) is 35.5 Å². The van der Waals surface area contributed by atoms with Gasteiger partial charge in [0.2, 0.25) is 0 Å². The number of rotatable bonds is 25. The van der Waals surface area contributed by atoms with Gasteiger partial charge in [0.25, 0.3) is 0 Å². The number of aliphatic hydroxyl groups excluding tert-OH is 2. The molecule has 3 saturated heterocycles. The first-order valence-corrected chi connectivity index (χ1v) is 48.9. The Bertz CT molecular complexity index is 5480. The highest BCUT2D eigenvalue weighted by Crippen LogP contribution is 2.46. The van der Waals surface area contributed by atoms with Gasteiger partial charge < -0.3 is 96.5 Å². The van der Waals surface area contributed by atoms with E-state index in [9.17, 15) is 54.0 Å². The molecule has 29 heteroatoms. The number of aromatic nitrogens is 2. The smallest absolute Gasteiger partial charge is 0.338 e. The van der Waals surface area contributed by atoms with Crippen molar-refractivity contribution in [3.63, 3.8) is 0 Å². The number of allylic oxidation sites excluding steroid dienone is 2. The first kappa shape index (κ1) is 110. The van der Waals surface area contributed by atoms with E-state index in [2.05, 4.69) is 9.97 Å². The third kappa shape index (κ3) is 26.8. The number of fused-ring (bicyclic) bond motifs is 2. The zero-order valence-corrected chi connectivity index (χ0v) is 85.3. The number of hydrogen-bond donors (Lipinski definition) is 4. The molecule has 0 unspecified atom stereocenters. The molecule has 140 heavy (non-hydrogen) atoms. The lowest BCUT2D eigenvalue weighted by Gasteiger charge is -2.50. The molecule has 7 heterocycles. The van der Waals surface area contributed by atoms with Crippen molar-refractivity contribution < 1.29 is 120 Å². The molecule has 5 aliphatic heterocycles. The maximum absolute atomic E-state index is 15.0. The monoisotopic (exact) mass is 1940 g/mol. The summed E-state index contributed by atoms with van der Waals surface area (Å²) >= 11 is 0. The van der Waals surface area contributed by atoms with Gasteiger partial charge in [-0.05, 0) is 233 Å². The van der Waals surface area contributed by atoms with E-state index in [4.69, 9.17) is 66.3 Å². The van der Waals surface area contributed by atoms with E-state index in [0.29, 0.717) is 35.1 Å². The van der Waals surface area contributed by atoms with Crippen LogP contribution in [0.25, 0.3) is 34.0 Å². The van der Waals surface area contributed by atoms with Gasteiger partial charge in [0, 0.05) is 65.9 Å². The van der Waals surface area contributed by atoms with E-state index >= 15 is 0 Å². The molecule has 5 aliphatic rings. The molecule has 2 aromatic heterocycles. The average molecular weight is 1940 g/mol. The number of carbonyl (C=O) groups is 7. The molecule has 0 spiro atoms. The molecule has 4 N–H and O–H groups in total. The predicted octanol–water partition coefficient (Wildman–Crippen LogP) is 16.6. The van der Waals surface area contributed by atoms with Gasteiger partial charge in [-0.3, -0.25) is 29.1 Å². The minimum absolute atomic E-state index is 0.0142. The molecular formula is C111H146N4O25. The van der Waals surface area contributed by atoms with Gasteiger partial charge in [-0.1, -0.05) is 157 Å². The number of esters is 5. The number of benzene rings is 5. The second kappa shape index (κ2) is 48.3. The van der Waals surface area contributed by atoms with Gasteiger partial charge in [0.15, 0.2) is 54.3 Å². The predicted molar refractivity (Wildman–Crippen MR) is 530 cm³/mol. The number of likely N-dealkylation sites (N-methyl/N-ethyl adjacent to an activating group) is 2. The van der Waals surface area contributed by atoms with Crippen LogP contribution < -0.4 is 0 Å². The number of aliphatic hydroxyl groups is 4. The lowest BCUT2D eigenvalue weighted by molar-refractivity contribution is -0.319. The second-order valence-corrected chi connectivity index (χ2v) is 40.1. The van der Waals surface area contributed by atoms with Crippen molar-refractivity contribution in [2.75, 3.05) is 48.5 Å². The van der Waals surface area contributed by atoms with E-state index in [0.717, 1.165) is 32.9 Å². The Kier molecular flexibility index (Phi) is 38.0. The van der Waals surface area contributed by atoms with E-state index in [-0.39, 0.29) is 68.8 Å². The van der Waals surface area contributed by atoms with Crippen molar-refractivity contribution in [3.8, 4) is 0 Å². The van der Waals surface area contributed by atoms with Crippen LogP contribution in [0.4, 0.5) is 0 Å². The molecule has 0 aliphatic carbocycles. The SMILES string of the molecule is CC[C@H]1OC(=O)[C@H](C)[C@@H](O)[C@H](C)[C@@H](O[C@@H]2O[C@H](C)C[C@H](N(C)C)[C@H]2OC(=O)c2ccccc2)[C@](C)(OC/C=C/c2cnc3ccccc3c2)C[C@@H](C)C(=O)/C(C)=C/[C@]1(C)O.CC[C@H]1OC(=O)[C@H](C)[C@@H](O[C@H]2C[C@@](C)(OC)[C@@H](OC(=O)c3ccccc3)[C@H](C)O2)[C@H](C)[C@@H](O[C@@H]2O[C@H](C)C[C@H](N(C)C)[C@H]2OC(=O)c2ccccc2)[C@](C)(OC/C=C/c2cnc3ccccc3c2)C[C@@H](C)C(=O)/C(C)=C(\O)[C@]1(C)O. The fraction of sp³-hybridized carbons (Fsp3) is 0.541. The van der Waals surface area contributed by atoms with Crippen molar-refractivity contribution in [2.45, 2.75) is 302 Å². The molecule has 5 aromatic carbocycles. The summed E-state index contributed by atoms with van der Waals surface area (Å²) in [6.07, 6.45) is -1.19. The van der Waals surface area contributed by atoms with Gasteiger partial charge in [-0.2, -0.15) is 0 Å². The van der Waals surface area contributed by atoms with Crippen LogP contribution in [0.5, 0.6) is 0 Å². The lowest BCUT2D eigenvalue weighted by atomic mass is 9.76. The fourth-order valence-electron chi connectivity index (χ4n) is 20.3. The summed E-state index contributed by atoms with van der Waals surface area (Å²) in [5.41, 5.74) is -3.30. The minimum Gasteiger partial charge on any atom is -0.509 e. The van der Waals surface area contributed by atoms with Crippen molar-refractivity contribution in [2.24, 2.45) is 35.5 Å². The molecule has 0 radical (unpaired) electrons. The van der Waals surface area contributed by atoms with Crippen LogP contribution in [0.15, 0.2) is 199 Å². The summed E-state index contributed by atoms with van der Waals surface area (Å²) in [5, 5.41) is 49.5. The fourth-order valence-corrected chi connectivity index (χ4v) is 20.3. The van der Waals surface area contributed by atoms with Crippen LogP contribution in [0.1, 0.15) is 212 Å². The molecule has 28 atom stereocenters. The summed E-state index contributed by atoms with van der Waals surface area (Å²) in [6, 6.07) is 44.8. The first-order valence-electron chi connectivity index (χ1n) is 48.9. The van der Waals surface area contributed by atoms with Crippen molar-refractivity contribution in [3.05, 3.63) is 227 Å². The number of carbonyl (C=O) groups excluding carboxylic acids is 7. The molecule has 760 valence electrons. The van der Waals surface area contributed by atoms with Crippen molar-refractivity contribution in [1.29, 1.82) is 0 Å². The Morgan fingerprint density at radius 1 is 0.500 bits per heavy atom. The number of cyclic esters (lactones) is 2. The van der Waals surface area contributed by atoms with Gasteiger partial charge >= 0.3 is 29.8 Å². The summed E-state index contributed by atoms with van der Waals surface area (Å²) < 4.78 is 92.4. The van der Waals surface area contributed by atoms with Gasteiger partial charge in [-0.25, -0.2) is 14.4 Å². The maximum Gasteiger partial charge on any atom is 0.338 e. The van der Waals surface area contributed by atoms with Gasteiger partial charge in [0.05, 0.1) is 119 Å². The molecular weight excluding hydrogens is 1790 g/mol. The molecule has 29 nitrogen and oxygen atoms in total. The van der Waals surface area contributed by atoms with E-state index in [1.165, 1.54) is 34.0 Å². The highest BCUT2D eigenvalue weighted by atomic mass is 16.7. The van der Waals surface area contributed by atoms with E-state index in [1.807, 2.05) is 164 Å². The first-order chi connectivity index (χ1) is 66.2. The highest BCUT2D eigenvalue weighted by Gasteiger charge is 2.57. The van der Waals surface area contributed by atoms with E-state index < -0.39 is 197 Å². The van der Waals surface area contributed by atoms with Crippen LogP contribution in [-0.4, -0.2) is 262 Å². The number of ether oxygens (including phenoxy) is 14. The normalized spacial score (nSPS) is 34.7. The van der Waals surface area contributed by atoms with E-state index in [1.54, 1.807) is 167 Å². The molecule has 0 saturated carbocycles. The average Bonchev–Trinajstić information content (AvgIpc) is 0.752. The minimum atomic E-state index is -2.19. The second-order valence-electron chi connectivity index (χ2n) is 40.1. The molecule has 3 fully saturated rings. The van der Waals surface area contributed by atoms with Gasteiger partial charge in [-0.15, -0.1) is 0 Å². The molecule has 0 bridgehead atoms. The van der Waals surface area contributed by atoms with Crippen LogP contribution >= 0.6 is 0 Å². The third-order valence-corrected chi connectivity index (χ3v) is 28.3. The number of methoxy groups -OCH3 is 1. The number of Topliss-reactive ketones (excluding diaryl/α,β-unsaturated/α-hetero) is 2. The van der Waals surface area contributed by atoms with Crippen LogP contribution in [-0.2, 0) is 85.5 Å². The van der Waals surface area contributed by atoms with Crippen molar-refractivity contribution >= 4 is 75.4 Å².